The summed E-state index contributed by atoms with van der Waals surface area (Å²) >= 11 is 0. The average molecular weight is 210 g/mol. The predicted octanol–water partition coefficient (Wildman–Crippen LogP) is 0.855. The Bertz CT molecular complexity index is 331. The molecule has 4 nitrogen and oxygen atoms in total. The Hall–Kier alpha value is -1.16. The van der Waals surface area contributed by atoms with Gasteiger partial charge in [-0.3, -0.25) is 9.59 Å². The molecule has 0 radical (unpaired) electrons. The molecule has 0 bridgehead atoms. The summed E-state index contributed by atoms with van der Waals surface area (Å²) in [6.07, 6.45) is 3.18. The standard InChI is InChI=1S/C11H14O4/c1-14-10(13)11-4-2-9(12)6-8(11)3-5-15-7-11/h6H,2-5,7H2,1H3. The number of ether oxygens (including phenoxy) is 2. The van der Waals surface area contributed by atoms with Crippen molar-refractivity contribution in [3.63, 3.8) is 0 Å². The number of esters is 1. The molecule has 0 spiro atoms. The maximum absolute atomic E-state index is 11.8. The molecule has 15 heavy (non-hydrogen) atoms. The van der Waals surface area contributed by atoms with Gasteiger partial charge in [-0.1, -0.05) is 0 Å². The number of ketones is 1. The van der Waals surface area contributed by atoms with Gasteiger partial charge in [0, 0.05) is 6.42 Å². The Balaban J connectivity index is 2.37. The van der Waals surface area contributed by atoms with Crippen LogP contribution in [0.15, 0.2) is 11.6 Å². The van der Waals surface area contributed by atoms with E-state index >= 15 is 0 Å². The predicted molar refractivity (Wildman–Crippen MR) is 52.2 cm³/mol. The van der Waals surface area contributed by atoms with Gasteiger partial charge in [-0.2, -0.15) is 0 Å². The van der Waals surface area contributed by atoms with Crippen molar-refractivity contribution in [3.05, 3.63) is 11.6 Å². The fourth-order valence-electron chi connectivity index (χ4n) is 2.29. The number of rotatable bonds is 1. The van der Waals surface area contributed by atoms with Crippen molar-refractivity contribution < 1.29 is 19.1 Å². The largest absolute Gasteiger partial charge is 0.468 e. The minimum Gasteiger partial charge on any atom is -0.468 e. The van der Waals surface area contributed by atoms with Gasteiger partial charge in [0.1, 0.15) is 5.41 Å². The minimum atomic E-state index is -0.680. The van der Waals surface area contributed by atoms with Gasteiger partial charge >= 0.3 is 5.97 Å². The van der Waals surface area contributed by atoms with Crippen LogP contribution in [-0.2, 0) is 19.1 Å². The first-order valence-corrected chi connectivity index (χ1v) is 5.09. The lowest BCUT2D eigenvalue weighted by Crippen LogP contribution is -2.44. The molecule has 1 aliphatic carbocycles. The van der Waals surface area contributed by atoms with E-state index in [2.05, 4.69) is 0 Å². The molecule has 1 fully saturated rings. The van der Waals surface area contributed by atoms with E-state index in [1.165, 1.54) is 7.11 Å². The summed E-state index contributed by atoms with van der Waals surface area (Å²) in [7, 11) is 1.37. The van der Waals surface area contributed by atoms with Crippen LogP contribution in [0.3, 0.4) is 0 Å². The Morgan fingerprint density at radius 2 is 2.33 bits per heavy atom. The molecule has 1 atom stereocenters. The molecule has 0 saturated carbocycles. The second kappa shape index (κ2) is 3.77. The van der Waals surface area contributed by atoms with Gasteiger partial charge in [-0.15, -0.1) is 0 Å². The third kappa shape index (κ3) is 1.59. The molecule has 1 aliphatic heterocycles. The Morgan fingerprint density at radius 1 is 1.53 bits per heavy atom. The van der Waals surface area contributed by atoms with E-state index in [1.54, 1.807) is 6.08 Å². The summed E-state index contributed by atoms with van der Waals surface area (Å²) in [4.78, 5) is 23.1. The average Bonchev–Trinajstić information content (AvgIpc) is 2.28. The van der Waals surface area contributed by atoms with Crippen molar-refractivity contribution in [1.29, 1.82) is 0 Å². The highest BCUT2D eigenvalue weighted by atomic mass is 16.5. The van der Waals surface area contributed by atoms with E-state index in [0.29, 0.717) is 32.5 Å². The molecule has 0 aromatic heterocycles. The molecule has 4 heteroatoms. The summed E-state index contributed by atoms with van der Waals surface area (Å²) in [5.74, 6) is -0.174. The molecule has 0 aromatic carbocycles. The molecule has 1 saturated heterocycles. The first-order chi connectivity index (χ1) is 7.19. The molecule has 82 valence electrons. The van der Waals surface area contributed by atoms with Crippen LogP contribution in [0.2, 0.25) is 0 Å². The number of carbonyl (C=O) groups is 2. The smallest absolute Gasteiger partial charge is 0.318 e. The molecule has 0 aromatic rings. The number of hydrogen-bond donors (Lipinski definition) is 0. The van der Waals surface area contributed by atoms with Crippen LogP contribution in [0.1, 0.15) is 19.3 Å². The Labute approximate surface area is 88.2 Å². The molecule has 1 unspecified atom stereocenters. The number of fused-ring (bicyclic) bond motifs is 1. The van der Waals surface area contributed by atoms with Gasteiger partial charge in [0.2, 0.25) is 0 Å². The van der Waals surface area contributed by atoms with Crippen molar-refractivity contribution in [2.45, 2.75) is 19.3 Å². The van der Waals surface area contributed by atoms with E-state index < -0.39 is 5.41 Å². The van der Waals surface area contributed by atoms with Gasteiger partial charge < -0.3 is 9.47 Å². The molecular formula is C11H14O4. The van der Waals surface area contributed by atoms with E-state index in [4.69, 9.17) is 9.47 Å². The molecule has 2 aliphatic rings. The Morgan fingerprint density at radius 3 is 3.07 bits per heavy atom. The van der Waals surface area contributed by atoms with Crippen molar-refractivity contribution in [1.82, 2.24) is 0 Å². The summed E-state index contributed by atoms with van der Waals surface area (Å²) in [5, 5.41) is 0. The number of allylic oxidation sites excluding steroid dienone is 1. The second-order valence-corrected chi connectivity index (χ2v) is 4.01. The number of hydrogen-bond acceptors (Lipinski definition) is 4. The molecule has 2 rings (SSSR count). The topological polar surface area (TPSA) is 52.6 Å². The van der Waals surface area contributed by atoms with Crippen LogP contribution in [0.4, 0.5) is 0 Å². The van der Waals surface area contributed by atoms with E-state index in [0.717, 1.165) is 5.57 Å². The first-order valence-electron chi connectivity index (χ1n) is 5.09. The zero-order chi connectivity index (χ0) is 10.9. The lowest BCUT2D eigenvalue weighted by Gasteiger charge is -2.38. The number of carbonyl (C=O) groups excluding carboxylic acids is 2. The fraction of sp³-hybridized carbons (Fsp3) is 0.636. The normalized spacial score (nSPS) is 30.5. The highest BCUT2D eigenvalue weighted by Gasteiger charge is 2.47. The summed E-state index contributed by atoms with van der Waals surface area (Å²) in [5.41, 5.74) is 0.206. The zero-order valence-electron chi connectivity index (χ0n) is 8.75. The van der Waals surface area contributed by atoms with Gasteiger partial charge in [0.25, 0.3) is 0 Å². The van der Waals surface area contributed by atoms with Crippen LogP contribution in [-0.4, -0.2) is 32.1 Å². The van der Waals surface area contributed by atoms with Gasteiger partial charge in [0.05, 0.1) is 20.3 Å². The first kappa shape index (κ1) is 10.4. The summed E-state index contributed by atoms with van der Waals surface area (Å²) in [6, 6.07) is 0. The van der Waals surface area contributed by atoms with Gasteiger partial charge in [0.15, 0.2) is 5.78 Å². The van der Waals surface area contributed by atoms with Crippen LogP contribution in [0.25, 0.3) is 0 Å². The van der Waals surface area contributed by atoms with Crippen molar-refractivity contribution in [2.75, 3.05) is 20.3 Å². The van der Waals surface area contributed by atoms with Gasteiger partial charge in [-0.25, -0.2) is 0 Å². The SMILES string of the molecule is COC(=O)C12CCC(=O)C=C1CCOC2. The van der Waals surface area contributed by atoms with E-state index in [-0.39, 0.29) is 11.8 Å². The van der Waals surface area contributed by atoms with E-state index in [9.17, 15) is 9.59 Å². The van der Waals surface area contributed by atoms with Crippen LogP contribution >= 0.6 is 0 Å². The maximum atomic E-state index is 11.8. The lowest BCUT2D eigenvalue weighted by molar-refractivity contribution is -0.157. The molecule has 0 N–H and O–H groups in total. The lowest BCUT2D eigenvalue weighted by atomic mass is 9.70. The summed E-state index contributed by atoms with van der Waals surface area (Å²) in [6.45, 7) is 0.927. The highest BCUT2D eigenvalue weighted by Crippen LogP contribution is 2.42. The van der Waals surface area contributed by atoms with Crippen LogP contribution < -0.4 is 0 Å². The van der Waals surface area contributed by atoms with Crippen LogP contribution in [0, 0.1) is 5.41 Å². The third-order valence-electron chi connectivity index (χ3n) is 3.19. The fourth-order valence-corrected chi connectivity index (χ4v) is 2.29. The van der Waals surface area contributed by atoms with Crippen molar-refractivity contribution >= 4 is 11.8 Å². The number of methoxy groups -OCH3 is 1. The van der Waals surface area contributed by atoms with Crippen molar-refractivity contribution in [2.24, 2.45) is 5.41 Å². The van der Waals surface area contributed by atoms with Crippen molar-refractivity contribution in [3.8, 4) is 0 Å². The third-order valence-corrected chi connectivity index (χ3v) is 3.19. The Kier molecular flexibility index (Phi) is 2.61. The molecule has 0 amide bonds. The zero-order valence-corrected chi connectivity index (χ0v) is 8.75. The monoisotopic (exact) mass is 210 g/mol. The minimum absolute atomic E-state index is 0.103. The van der Waals surface area contributed by atoms with Gasteiger partial charge in [-0.05, 0) is 24.5 Å². The highest BCUT2D eigenvalue weighted by molar-refractivity contribution is 5.95. The van der Waals surface area contributed by atoms with Crippen LogP contribution in [0.5, 0.6) is 0 Å². The summed E-state index contributed by atoms with van der Waals surface area (Å²) < 4.78 is 10.2. The second-order valence-electron chi connectivity index (χ2n) is 4.01. The van der Waals surface area contributed by atoms with E-state index in [1.807, 2.05) is 0 Å². The molecular weight excluding hydrogens is 196 g/mol. The maximum Gasteiger partial charge on any atom is 0.318 e. The molecule has 1 heterocycles. The quantitative estimate of drug-likeness (QED) is 0.602.